The Balaban J connectivity index is 2.16. The topological polar surface area (TPSA) is 29.9 Å². The van der Waals surface area contributed by atoms with Gasteiger partial charge in [0.2, 0.25) is 0 Å². The van der Waals surface area contributed by atoms with E-state index in [1.807, 2.05) is 7.05 Å². The summed E-state index contributed by atoms with van der Waals surface area (Å²) in [5, 5.41) is 2.60. The molecule has 102 valence electrons. The van der Waals surface area contributed by atoms with Crippen molar-refractivity contribution in [2.75, 3.05) is 5.32 Å². The highest BCUT2D eigenvalue weighted by molar-refractivity contribution is 6.31. The number of anilines is 1. The van der Waals surface area contributed by atoms with Crippen molar-refractivity contribution in [2.45, 2.75) is 12.7 Å². The van der Waals surface area contributed by atoms with Gasteiger partial charge in [-0.25, -0.2) is 4.98 Å². The van der Waals surface area contributed by atoms with Crippen LogP contribution in [0.3, 0.4) is 0 Å². The Morgan fingerprint density at radius 1 is 1.37 bits per heavy atom. The summed E-state index contributed by atoms with van der Waals surface area (Å²) in [6.45, 7) is 0.384. The van der Waals surface area contributed by atoms with Crippen LogP contribution in [0.1, 0.15) is 11.3 Å². The van der Waals surface area contributed by atoms with Crippen LogP contribution in [0.2, 0.25) is 5.02 Å². The maximum atomic E-state index is 12.7. The van der Waals surface area contributed by atoms with E-state index in [2.05, 4.69) is 10.3 Å². The minimum atomic E-state index is -4.46. The summed E-state index contributed by atoms with van der Waals surface area (Å²) in [5.41, 5.74) is 0.380. The van der Waals surface area contributed by atoms with E-state index in [0.29, 0.717) is 12.2 Å². The van der Waals surface area contributed by atoms with Crippen LogP contribution in [0.15, 0.2) is 30.7 Å². The van der Waals surface area contributed by atoms with E-state index in [-0.39, 0.29) is 5.02 Å². The molecule has 0 aliphatic heterocycles. The summed E-state index contributed by atoms with van der Waals surface area (Å²) in [4.78, 5) is 3.93. The molecule has 0 saturated heterocycles. The molecule has 2 aromatic rings. The molecule has 0 aliphatic rings. The number of aryl methyl sites for hydroxylation is 1. The van der Waals surface area contributed by atoms with E-state index in [1.165, 1.54) is 12.1 Å². The molecule has 2 rings (SSSR count). The third-order valence-electron chi connectivity index (χ3n) is 2.66. The van der Waals surface area contributed by atoms with Crippen LogP contribution < -0.4 is 5.32 Å². The second kappa shape index (κ2) is 5.13. The van der Waals surface area contributed by atoms with Gasteiger partial charge in [0.25, 0.3) is 0 Å². The fraction of sp³-hybridized carbons (Fsp3) is 0.250. The summed E-state index contributed by atoms with van der Waals surface area (Å²) in [6.07, 6.45) is -1.19. The van der Waals surface area contributed by atoms with Gasteiger partial charge in [-0.2, -0.15) is 13.2 Å². The first-order valence-electron chi connectivity index (χ1n) is 5.44. The molecular weight excluding hydrogens is 279 g/mol. The predicted octanol–water partition coefficient (Wildman–Crippen LogP) is 3.70. The molecule has 0 aliphatic carbocycles. The average molecular weight is 290 g/mol. The number of nitrogens with one attached hydrogen (secondary N) is 1. The zero-order valence-electron chi connectivity index (χ0n) is 10.0. The van der Waals surface area contributed by atoms with Crippen LogP contribution in [0.25, 0.3) is 0 Å². The standard InChI is InChI=1S/C12H11ClF3N3/c1-19-7-17-5-9(19)6-18-8-2-3-11(13)10(4-8)12(14,15)16/h2-5,7,18H,6H2,1H3. The van der Waals surface area contributed by atoms with Crippen LogP contribution in [0, 0.1) is 0 Å². The zero-order chi connectivity index (χ0) is 14.0. The van der Waals surface area contributed by atoms with Crippen molar-refractivity contribution < 1.29 is 13.2 Å². The number of benzene rings is 1. The summed E-state index contributed by atoms with van der Waals surface area (Å²) >= 11 is 5.54. The summed E-state index contributed by atoms with van der Waals surface area (Å²) in [7, 11) is 1.81. The number of nitrogens with zero attached hydrogens (tertiary/aromatic N) is 2. The van der Waals surface area contributed by atoms with Crippen molar-refractivity contribution in [3.63, 3.8) is 0 Å². The second-order valence-corrected chi connectivity index (χ2v) is 4.45. The van der Waals surface area contributed by atoms with E-state index >= 15 is 0 Å². The van der Waals surface area contributed by atoms with Crippen molar-refractivity contribution in [1.82, 2.24) is 9.55 Å². The van der Waals surface area contributed by atoms with Crippen LogP contribution in [0.5, 0.6) is 0 Å². The van der Waals surface area contributed by atoms with Crippen LogP contribution in [0.4, 0.5) is 18.9 Å². The third kappa shape index (κ3) is 3.20. The number of rotatable bonds is 3. The Hall–Kier alpha value is -1.69. The first-order valence-corrected chi connectivity index (χ1v) is 5.81. The van der Waals surface area contributed by atoms with E-state index in [9.17, 15) is 13.2 Å². The van der Waals surface area contributed by atoms with E-state index in [4.69, 9.17) is 11.6 Å². The first-order chi connectivity index (χ1) is 8.88. The highest BCUT2D eigenvalue weighted by Crippen LogP contribution is 2.36. The fourth-order valence-corrected chi connectivity index (χ4v) is 1.82. The molecular formula is C12H11ClF3N3. The smallest absolute Gasteiger partial charge is 0.379 e. The largest absolute Gasteiger partial charge is 0.417 e. The highest BCUT2D eigenvalue weighted by atomic mass is 35.5. The van der Waals surface area contributed by atoms with Gasteiger partial charge < -0.3 is 9.88 Å². The quantitative estimate of drug-likeness (QED) is 0.933. The Labute approximate surface area is 113 Å². The van der Waals surface area contributed by atoms with E-state index in [1.54, 1.807) is 17.1 Å². The highest BCUT2D eigenvalue weighted by Gasteiger charge is 2.33. The number of aromatic nitrogens is 2. The van der Waals surface area contributed by atoms with Gasteiger partial charge in [-0.05, 0) is 18.2 Å². The molecule has 0 atom stereocenters. The Morgan fingerprint density at radius 2 is 2.11 bits per heavy atom. The molecule has 0 radical (unpaired) electrons. The van der Waals surface area contributed by atoms with Crippen molar-refractivity contribution in [1.29, 1.82) is 0 Å². The summed E-state index contributed by atoms with van der Waals surface area (Å²) in [6, 6.07) is 3.74. The van der Waals surface area contributed by atoms with Gasteiger partial charge in [0.1, 0.15) is 0 Å². The van der Waals surface area contributed by atoms with Crippen LogP contribution in [-0.4, -0.2) is 9.55 Å². The Morgan fingerprint density at radius 3 is 2.68 bits per heavy atom. The molecule has 1 aromatic carbocycles. The Bertz CT molecular complexity index is 578. The molecule has 0 unspecified atom stereocenters. The van der Waals surface area contributed by atoms with Gasteiger partial charge >= 0.3 is 6.18 Å². The Kier molecular flexibility index (Phi) is 3.71. The van der Waals surface area contributed by atoms with Crippen molar-refractivity contribution >= 4 is 17.3 Å². The molecule has 3 nitrogen and oxygen atoms in total. The minimum absolute atomic E-state index is 0.307. The van der Waals surface area contributed by atoms with Crippen molar-refractivity contribution in [2.24, 2.45) is 7.05 Å². The molecule has 0 spiro atoms. The lowest BCUT2D eigenvalue weighted by Gasteiger charge is -2.12. The average Bonchev–Trinajstić information content (AvgIpc) is 2.72. The van der Waals surface area contributed by atoms with E-state index in [0.717, 1.165) is 11.8 Å². The molecule has 1 aromatic heterocycles. The lowest BCUT2D eigenvalue weighted by Crippen LogP contribution is -2.08. The second-order valence-electron chi connectivity index (χ2n) is 4.04. The molecule has 1 heterocycles. The van der Waals surface area contributed by atoms with Gasteiger partial charge in [0.05, 0.1) is 29.2 Å². The van der Waals surface area contributed by atoms with E-state index < -0.39 is 11.7 Å². The van der Waals surface area contributed by atoms with Gasteiger partial charge in [-0.3, -0.25) is 0 Å². The summed E-state index contributed by atoms with van der Waals surface area (Å²) in [5.74, 6) is 0. The third-order valence-corrected chi connectivity index (χ3v) is 2.99. The molecule has 0 fully saturated rings. The zero-order valence-corrected chi connectivity index (χ0v) is 10.8. The predicted molar refractivity (Wildman–Crippen MR) is 67.0 cm³/mol. The SMILES string of the molecule is Cn1cncc1CNc1ccc(Cl)c(C(F)(F)F)c1. The lowest BCUT2D eigenvalue weighted by molar-refractivity contribution is -0.137. The number of imidazole rings is 1. The minimum Gasteiger partial charge on any atom is -0.379 e. The molecule has 0 bridgehead atoms. The fourth-order valence-electron chi connectivity index (χ4n) is 1.60. The van der Waals surface area contributed by atoms with Gasteiger partial charge in [0.15, 0.2) is 0 Å². The lowest BCUT2D eigenvalue weighted by atomic mass is 10.2. The molecule has 0 amide bonds. The van der Waals surface area contributed by atoms with Crippen LogP contribution in [-0.2, 0) is 19.8 Å². The van der Waals surface area contributed by atoms with Crippen molar-refractivity contribution in [3.05, 3.63) is 47.0 Å². The van der Waals surface area contributed by atoms with Crippen molar-refractivity contribution in [3.8, 4) is 0 Å². The maximum absolute atomic E-state index is 12.7. The number of hydrogen-bond acceptors (Lipinski definition) is 2. The number of hydrogen-bond donors (Lipinski definition) is 1. The number of alkyl halides is 3. The first kappa shape index (κ1) is 13.7. The van der Waals surface area contributed by atoms with Gasteiger partial charge in [-0.15, -0.1) is 0 Å². The molecule has 0 saturated carbocycles. The van der Waals surface area contributed by atoms with Crippen LogP contribution >= 0.6 is 11.6 Å². The molecule has 7 heteroatoms. The maximum Gasteiger partial charge on any atom is 0.417 e. The normalized spacial score (nSPS) is 11.6. The molecule has 1 N–H and O–H groups in total. The number of halogens is 4. The molecule has 19 heavy (non-hydrogen) atoms. The monoisotopic (exact) mass is 289 g/mol. The van der Waals surface area contributed by atoms with Gasteiger partial charge in [0, 0.05) is 18.9 Å². The van der Waals surface area contributed by atoms with Gasteiger partial charge in [-0.1, -0.05) is 11.6 Å². The summed E-state index contributed by atoms with van der Waals surface area (Å²) < 4.78 is 39.8.